The summed E-state index contributed by atoms with van der Waals surface area (Å²) in [4.78, 5) is 32.4. The maximum atomic E-state index is 11.8. The molecule has 0 atom stereocenters. The molecule has 0 unspecified atom stereocenters. The van der Waals surface area contributed by atoms with Crippen LogP contribution in [0.15, 0.2) is 15.9 Å². The second-order valence-electron chi connectivity index (χ2n) is 3.46. The minimum Gasteiger partial charge on any atom is -0.339 e. The number of nitrogens with zero attached hydrogens (tertiary/aromatic N) is 2. The van der Waals surface area contributed by atoms with Gasteiger partial charge in [0.1, 0.15) is 0 Å². The van der Waals surface area contributed by atoms with Crippen LogP contribution in [-0.2, 0) is 0 Å². The van der Waals surface area contributed by atoms with E-state index in [1.54, 1.807) is 0 Å². The molecule has 0 aliphatic rings. The number of fused-ring (bicyclic) bond motifs is 1. The number of rotatable bonds is 4. The Labute approximate surface area is 90.5 Å². The summed E-state index contributed by atoms with van der Waals surface area (Å²) >= 11 is 0. The highest BCUT2D eigenvalue weighted by molar-refractivity contribution is 5.67. The number of aromatic nitrogens is 4. The highest BCUT2D eigenvalue weighted by atomic mass is 16.2. The molecule has 16 heavy (non-hydrogen) atoms. The number of nitrogens with one attached hydrogen (secondary N) is 3. The molecule has 0 bridgehead atoms. The third kappa shape index (κ3) is 1.71. The molecule has 0 saturated heterocycles. The summed E-state index contributed by atoms with van der Waals surface area (Å²) in [6.45, 7) is 2.62. The van der Waals surface area contributed by atoms with Crippen LogP contribution < -0.4 is 16.7 Å². The molecule has 2 heterocycles. The molecule has 7 heteroatoms. The Morgan fingerprint density at radius 2 is 2.31 bits per heavy atom. The molecule has 0 aliphatic heterocycles. The standard InChI is InChI=1S/C9H13N5O2/c1-2-3-4-12-14-8(15)6-7(11-5-10-6)13-9(14)16/h5,12H,2-4H2,1H3,(H,10,11)(H,13,16). The number of imidazole rings is 1. The van der Waals surface area contributed by atoms with Crippen LogP contribution in [0.2, 0.25) is 0 Å². The van der Waals surface area contributed by atoms with Gasteiger partial charge >= 0.3 is 11.2 Å². The fourth-order valence-corrected chi connectivity index (χ4v) is 1.42. The van der Waals surface area contributed by atoms with Gasteiger partial charge in [-0.05, 0) is 6.42 Å². The van der Waals surface area contributed by atoms with Gasteiger partial charge in [-0.15, -0.1) is 0 Å². The summed E-state index contributed by atoms with van der Waals surface area (Å²) in [6.07, 6.45) is 3.26. The lowest BCUT2D eigenvalue weighted by Gasteiger charge is -2.06. The van der Waals surface area contributed by atoms with Crippen molar-refractivity contribution < 1.29 is 0 Å². The van der Waals surface area contributed by atoms with Gasteiger partial charge in [-0.3, -0.25) is 9.78 Å². The van der Waals surface area contributed by atoms with E-state index < -0.39 is 11.2 Å². The van der Waals surface area contributed by atoms with E-state index in [4.69, 9.17) is 0 Å². The third-order valence-corrected chi connectivity index (χ3v) is 2.28. The normalized spacial score (nSPS) is 10.8. The molecule has 2 rings (SSSR count). The molecule has 0 aliphatic carbocycles. The molecule has 86 valence electrons. The van der Waals surface area contributed by atoms with Gasteiger partial charge in [0, 0.05) is 6.54 Å². The van der Waals surface area contributed by atoms with Gasteiger partial charge in [-0.1, -0.05) is 13.3 Å². The zero-order valence-corrected chi connectivity index (χ0v) is 8.91. The Bertz CT molecular complexity index is 594. The number of H-pyrrole nitrogens is 2. The van der Waals surface area contributed by atoms with Crippen LogP contribution >= 0.6 is 0 Å². The largest absolute Gasteiger partial charge is 0.349 e. The van der Waals surface area contributed by atoms with Gasteiger partial charge in [0.25, 0.3) is 0 Å². The predicted molar refractivity (Wildman–Crippen MR) is 60.1 cm³/mol. The molecule has 0 amide bonds. The molecular weight excluding hydrogens is 210 g/mol. The van der Waals surface area contributed by atoms with E-state index in [9.17, 15) is 9.59 Å². The summed E-state index contributed by atoms with van der Waals surface area (Å²) < 4.78 is 0.968. The van der Waals surface area contributed by atoms with Crippen molar-refractivity contribution in [3.05, 3.63) is 27.2 Å². The monoisotopic (exact) mass is 223 g/mol. The van der Waals surface area contributed by atoms with E-state index in [2.05, 4.69) is 20.4 Å². The minimum absolute atomic E-state index is 0.281. The van der Waals surface area contributed by atoms with E-state index in [1.165, 1.54) is 6.33 Å². The predicted octanol–water partition coefficient (Wildman–Crippen LogP) is -0.244. The van der Waals surface area contributed by atoms with Crippen LogP contribution in [0.1, 0.15) is 19.8 Å². The fraction of sp³-hybridized carbons (Fsp3) is 0.444. The maximum absolute atomic E-state index is 11.8. The first-order valence-corrected chi connectivity index (χ1v) is 5.16. The molecule has 0 spiro atoms. The van der Waals surface area contributed by atoms with Crippen molar-refractivity contribution >= 4 is 11.2 Å². The number of hydrogen-bond acceptors (Lipinski definition) is 4. The van der Waals surface area contributed by atoms with Crippen LogP contribution in [-0.4, -0.2) is 26.2 Å². The Hall–Kier alpha value is -2.05. The van der Waals surface area contributed by atoms with Crippen LogP contribution in [0.5, 0.6) is 0 Å². The van der Waals surface area contributed by atoms with Crippen LogP contribution in [0.4, 0.5) is 0 Å². The quantitative estimate of drug-likeness (QED) is 0.623. The molecule has 7 nitrogen and oxygen atoms in total. The van der Waals surface area contributed by atoms with Crippen molar-refractivity contribution in [2.75, 3.05) is 12.0 Å². The highest BCUT2D eigenvalue weighted by Crippen LogP contribution is 1.94. The first-order valence-electron chi connectivity index (χ1n) is 5.16. The zero-order chi connectivity index (χ0) is 11.5. The third-order valence-electron chi connectivity index (χ3n) is 2.28. The van der Waals surface area contributed by atoms with Crippen molar-refractivity contribution in [3.63, 3.8) is 0 Å². The first-order chi connectivity index (χ1) is 7.74. The Balaban J connectivity index is 2.44. The minimum atomic E-state index is -0.499. The molecule has 2 aromatic heterocycles. The molecule has 3 N–H and O–H groups in total. The molecule has 0 radical (unpaired) electrons. The summed E-state index contributed by atoms with van der Waals surface area (Å²) in [5.41, 5.74) is 2.44. The lowest BCUT2D eigenvalue weighted by Crippen LogP contribution is -2.41. The van der Waals surface area contributed by atoms with Crippen molar-refractivity contribution in [2.24, 2.45) is 0 Å². The van der Waals surface area contributed by atoms with Gasteiger partial charge in [0.15, 0.2) is 11.2 Å². The van der Waals surface area contributed by atoms with Gasteiger partial charge < -0.3 is 10.4 Å². The second kappa shape index (κ2) is 4.21. The van der Waals surface area contributed by atoms with Crippen molar-refractivity contribution in [3.8, 4) is 0 Å². The summed E-state index contributed by atoms with van der Waals surface area (Å²) in [6, 6.07) is 0. The lowest BCUT2D eigenvalue weighted by molar-refractivity contribution is 0.708. The van der Waals surface area contributed by atoms with Gasteiger partial charge in [0.05, 0.1) is 6.33 Å². The van der Waals surface area contributed by atoms with Crippen molar-refractivity contribution in [2.45, 2.75) is 19.8 Å². The number of unbranched alkanes of at least 4 members (excludes halogenated alkanes) is 1. The molecule has 0 aromatic carbocycles. The van der Waals surface area contributed by atoms with Crippen molar-refractivity contribution in [1.82, 2.24) is 19.6 Å². The van der Waals surface area contributed by atoms with E-state index in [1.807, 2.05) is 6.92 Å². The van der Waals surface area contributed by atoms with E-state index >= 15 is 0 Å². The Kier molecular flexibility index (Phi) is 2.76. The van der Waals surface area contributed by atoms with E-state index in [0.717, 1.165) is 17.5 Å². The number of hydrogen-bond donors (Lipinski definition) is 3. The van der Waals surface area contributed by atoms with Crippen LogP contribution in [0, 0.1) is 0 Å². The Morgan fingerprint density at radius 1 is 1.50 bits per heavy atom. The van der Waals surface area contributed by atoms with Gasteiger partial charge in [-0.2, -0.15) is 4.68 Å². The summed E-state index contributed by atoms with van der Waals surface area (Å²) in [7, 11) is 0. The fourth-order valence-electron chi connectivity index (χ4n) is 1.42. The molecule has 0 saturated carbocycles. The maximum Gasteiger partial charge on any atom is 0.349 e. The second-order valence-corrected chi connectivity index (χ2v) is 3.46. The average Bonchev–Trinajstić information content (AvgIpc) is 2.71. The summed E-state index contributed by atoms with van der Waals surface area (Å²) in [5, 5.41) is 0. The molecule has 0 fully saturated rings. The molecular formula is C9H13N5O2. The van der Waals surface area contributed by atoms with E-state index in [-0.39, 0.29) is 5.65 Å². The first kappa shape index (κ1) is 10.5. The van der Waals surface area contributed by atoms with Crippen LogP contribution in [0.25, 0.3) is 11.2 Å². The van der Waals surface area contributed by atoms with Gasteiger partial charge in [0.2, 0.25) is 0 Å². The zero-order valence-electron chi connectivity index (χ0n) is 8.91. The topological polar surface area (TPSA) is 95.6 Å². The van der Waals surface area contributed by atoms with E-state index in [0.29, 0.717) is 12.1 Å². The van der Waals surface area contributed by atoms with Crippen molar-refractivity contribution in [1.29, 1.82) is 0 Å². The van der Waals surface area contributed by atoms with Gasteiger partial charge in [-0.25, -0.2) is 9.78 Å². The molecule has 2 aromatic rings. The van der Waals surface area contributed by atoms with Crippen LogP contribution in [0.3, 0.4) is 0 Å². The smallest absolute Gasteiger partial charge is 0.339 e. The number of aromatic amines is 2. The summed E-state index contributed by atoms with van der Waals surface area (Å²) in [5.74, 6) is 0. The Morgan fingerprint density at radius 3 is 3.06 bits per heavy atom. The average molecular weight is 223 g/mol. The lowest BCUT2D eigenvalue weighted by atomic mass is 10.3. The SMILES string of the molecule is CCCCNn1c(=O)[nH]c2nc[nH]c2c1=O. The highest BCUT2D eigenvalue weighted by Gasteiger charge is 2.08.